The molecule has 0 bridgehead atoms. The fourth-order valence-corrected chi connectivity index (χ4v) is 2.30. The first-order valence-electron chi connectivity index (χ1n) is 6.83. The van der Waals surface area contributed by atoms with Gasteiger partial charge in [-0.25, -0.2) is 0 Å². The summed E-state index contributed by atoms with van der Waals surface area (Å²) >= 11 is 0. The van der Waals surface area contributed by atoms with E-state index in [0.717, 1.165) is 43.7 Å². The molecular weight excluding hydrogens is 240 g/mol. The number of nitrogens with one attached hydrogen (secondary N) is 1. The predicted molar refractivity (Wildman–Crippen MR) is 76.5 cm³/mol. The zero-order valence-corrected chi connectivity index (χ0v) is 11.7. The second-order valence-corrected chi connectivity index (χ2v) is 5.13. The zero-order chi connectivity index (χ0) is 13.7. The van der Waals surface area contributed by atoms with Gasteiger partial charge in [0.1, 0.15) is 0 Å². The Kier molecular flexibility index (Phi) is 4.80. The van der Waals surface area contributed by atoms with Gasteiger partial charge < -0.3 is 15.0 Å². The Labute approximate surface area is 114 Å². The topological polar surface area (TPSA) is 41.6 Å². The number of hydrogen-bond acceptors (Lipinski definition) is 3. The van der Waals surface area contributed by atoms with Gasteiger partial charge in [0.05, 0.1) is 5.56 Å². The lowest BCUT2D eigenvalue weighted by Gasteiger charge is -2.20. The Balaban J connectivity index is 2.12. The molecule has 1 aromatic carbocycles. The lowest BCUT2D eigenvalue weighted by Crippen LogP contribution is -2.25. The van der Waals surface area contributed by atoms with Crippen LogP contribution in [0.4, 0.5) is 5.69 Å². The van der Waals surface area contributed by atoms with Crippen molar-refractivity contribution < 1.29 is 9.53 Å². The fourth-order valence-electron chi connectivity index (χ4n) is 2.30. The first-order valence-corrected chi connectivity index (χ1v) is 6.83. The molecule has 1 heterocycles. The van der Waals surface area contributed by atoms with Crippen molar-refractivity contribution in [2.24, 2.45) is 0 Å². The molecule has 1 aliphatic rings. The van der Waals surface area contributed by atoms with E-state index in [9.17, 15) is 4.79 Å². The van der Waals surface area contributed by atoms with Crippen LogP contribution in [0.25, 0.3) is 0 Å². The summed E-state index contributed by atoms with van der Waals surface area (Å²) in [6.07, 6.45) is 3.15. The maximum atomic E-state index is 12.1. The Morgan fingerprint density at radius 3 is 2.84 bits per heavy atom. The van der Waals surface area contributed by atoms with Gasteiger partial charge in [0, 0.05) is 39.0 Å². The average molecular weight is 262 g/mol. The Morgan fingerprint density at radius 1 is 1.26 bits per heavy atom. The zero-order valence-electron chi connectivity index (χ0n) is 11.7. The SMILES string of the molecule is CN(C)C(=O)c1ccccc1NC1CCCOCC1. The summed E-state index contributed by atoms with van der Waals surface area (Å²) in [5.41, 5.74) is 1.66. The monoisotopic (exact) mass is 262 g/mol. The van der Waals surface area contributed by atoms with Crippen LogP contribution >= 0.6 is 0 Å². The second kappa shape index (κ2) is 6.57. The number of anilines is 1. The van der Waals surface area contributed by atoms with Gasteiger partial charge in [0.25, 0.3) is 5.91 Å². The molecule has 19 heavy (non-hydrogen) atoms. The molecule has 0 radical (unpaired) electrons. The smallest absolute Gasteiger partial charge is 0.255 e. The molecule has 0 aliphatic carbocycles. The Hall–Kier alpha value is -1.55. The molecule has 1 atom stereocenters. The van der Waals surface area contributed by atoms with Crippen LogP contribution in [-0.2, 0) is 4.74 Å². The number of para-hydroxylation sites is 1. The first kappa shape index (κ1) is 13.9. The van der Waals surface area contributed by atoms with Crippen LogP contribution in [0.5, 0.6) is 0 Å². The van der Waals surface area contributed by atoms with Crippen LogP contribution in [0.15, 0.2) is 24.3 Å². The van der Waals surface area contributed by atoms with E-state index in [-0.39, 0.29) is 5.91 Å². The number of ether oxygens (including phenoxy) is 1. The predicted octanol–water partition coefficient (Wildman–Crippen LogP) is 2.37. The minimum absolute atomic E-state index is 0.0352. The van der Waals surface area contributed by atoms with Crippen LogP contribution in [0.1, 0.15) is 29.6 Å². The largest absolute Gasteiger partial charge is 0.382 e. The number of amides is 1. The summed E-state index contributed by atoms with van der Waals surface area (Å²) in [6, 6.07) is 8.10. The van der Waals surface area contributed by atoms with E-state index in [1.54, 1.807) is 19.0 Å². The van der Waals surface area contributed by atoms with Gasteiger partial charge in [-0.2, -0.15) is 0 Å². The van der Waals surface area contributed by atoms with Gasteiger partial charge in [-0.3, -0.25) is 4.79 Å². The fraction of sp³-hybridized carbons (Fsp3) is 0.533. The van der Waals surface area contributed by atoms with Crippen molar-refractivity contribution in [3.8, 4) is 0 Å². The van der Waals surface area contributed by atoms with Gasteiger partial charge in [0.2, 0.25) is 0 Å². The highest BCUT2D eigenvalue weighted by atomic mass is 16.5. The highest BCUT2D eigenvalue weighted by Gasteiger charge is 2.17. The minimum Gasteiger partial charge on any atom is -0.382 e. The van der Waals surface area contributed by atoms with E-state index >= 15 is 0 Å². The normalized spacial score (nSPS) is 19.6. The molecular formula is C15H22N2O2. The van der Waals surface area contributed by atoms with Crippen LogP contribution in [0, 0.1) is 0 Å². The molecule has 0 spiro atoms. The molecule has 1 unspecified atom stereocenters. The third-order valence-corrected chi connectivity index (χ3v) is 3.38. The van der Waals surface area contributed by atoms with Crippen molar-refractivity contribution in [3.63, 3.8) is 0 Å². The van der Waals surface area contributed by atoms with Crippen LogP contribution < -0.4 is 5.32 Å². The maximum absolute atomic E-state index is 12.1. The van der Waals surface area contributed by atoms with E-state index in [2.05, 4.69) is 5.32 Å². The van der Waals surface area contributed by atoms with Crippen LogP contribution in [0.2, 0.25) is 0 Å². The van der Waals surface area contributed by atoms with E-state index in [0.29, 0.717) is 6.04 Å². The average Bonchev–Trinajstić information content (AvgIpc) is 2.67. The summed E-state index contributed by atoms with van der Waals surface area (Å²) in [5, 5.41) is 3.50. The molecule has 0 saturated carbocycles. The number of carbonyl (C=O) groups excluding carboxylic acids is 1. The van der Waals surface area contributed by atoms with Crippen molar-refractivity contribution in [1.82, 2.24) is 4.90 Å². The lowest BCUT2D eigenvalue weighted by molar-refractivity contribution is 0.0828. The van der Waals surface area contributed by atoms with Gasteiger partial charge in [-0.15, -0.1) is 0 Å². The molecule has 1 aliphatic heterocycles. The highest BCUT2D eigenvalue weighted by molar-refractivity contribution is 5.99. The van der Waals surface area contributed by atoms with Crippen LogP contribution in [0.3, 0.4) is 0 Å². The van der Waals surface area contributed by atoms with Gasteiger partial charge >= 0.3 is 0 Å². The molecule has 4 heteroatoms. The van der Waals surface area contributed by atoms with Crippen molar-refractivity contribution >= 4 is 11.6 Å². The lowest BCUT2D eigenvalue weighted by atomic mass is 10.1. The van der Waals surface area contributed by atoms with Crippen molar-refractivity contribution in [2.45, 2.75) is 25.3 Å². The summed E-state index contributed by atoms with van der Waals surface area (Å²) in [7, 11) is 3.55. The quantitative estimate of drug-likeness (QED) is 0.909. The van der Waals surface area contributed by atoms with Gasteiger partial charge in [0.15, 0.2) is 0 Å². The molecule has 1 N–H and O–H groups in total. The number of carbonyl (C=O) groups is 1. The molecule has 0 aromatic heterocycles. The molecule has 1 fully saturated rings. The highest BCUT2D eigenvalue weighted by Crippen LogP contribution is 2.20. The molecule has 1 aromatic rings. The van der Waals surface area contributed by atoms with E-state index < -0.39 is 0 Å². The maximum Gasteiger partial charge on any atom is 0.255 e. The summed E-state index contributed by atoms with van der Waals surface area (Å²) in [5.74, 6) is 0.0352. The van der Waals surface area contributed by atoms with Crippen molar-refractivity contribution in [2.75, 3.05) is 32.6 Å². The van der Waals surface area contributed by atoms with Gasteiger partial charge in [-0.05, 0) is 31.4 Å². The summed E-state index contributed by atoms with van der Waals surface area (Å²) in [4.78, 5) is 13.7. The Morgan fingerprint density at radius 2 is 2.05 bits per heavy atom. The second-order valence-electron chi connectivity index (χ2n) is 5.13. The number of nitrogens with zero attached hydrogens (tertiary/aromatic N) is 1. The standard InChI is InChI=1S/C15H22N2O2/c1-17(2)15(18)13-7-3-4-8-14(13)16-12-6-5-10-19-11-9-12/h3-4,7-8,12,16H,5-6,9-11H2,1-2H3. The molecule has 1 amide bonds. The van der Waals surface area contributed by atoms with Crippen molar-refractivity contribution in [1.29, 1.82) is 0 Å². The van der Waals surface area contributed by atoms with Crippen molar-refractivity contribution in [3.05, 3.63) is 29.8 Å². The van der Waals surface area contributed by atoms with E-state index in [1.165, 1.54) is 0 Å². The Bertz CT molecular complexity index is 424. The summed E-state index contributed by atoms with van der Waals surface area (Å²) < 4.78 is 5.46. The summed E-state index contributed by atoms with van der Waals surface area (Å²) in [6.45, 7) is 1.64. The first-order chi connectivity index (χ1) is 9.18. The van der Waals surface area contributed by atoms with Gasteiger partial charge in [-0.1, -0.05) is 12.1 Å². The number of hydrogen-bond donors (Lipinski definition) is 1. The number of rotatable bonds is 3. The molecule has 2 rings (SSSR count). The minimum atomic E-state index is 0.0352. The third-order valence-electron chi connectivity index (χ3n) is 3.38. The van der Waals surface area contributed by atoms with Crippen LogP contribution in [-0.4, -0.2) is 44.2 Å². The third kappa shape index (κ3) is 3.70. The molecule has 4 nitrogen and oxygen atoms in total. The number of benzene rings is 1. The molecule has 1 saturated heterocycles. The van der Waals surface area contributed by atoms with E-state index in [4.69, 9.17) is 4.74 Å². The molecule has 104 valence electrons. The van der Waals surface area contributed by atoms with E-state index in [1.807, 2.05) is 24.3 Å².